The van der Waals surface area contributed by atoms with Crippen LogP contribution in [0.2, 0.25) is 0 Å². The van der Waals surface area contributed by atoms with E-state index in [1.54, 1.807) is 17.1 Å². The van der Waals surface area contributed by atoms with Crippen molar-refractivity contribution in [3.05, 3.63) is 12.4 Å². The van der Waals surface area contributed by atoms with Crippen LogP contribution in [0.25, 0.3) is 0 Å². The number of hydrogen-bond donors (Lipinski definition) is 2. The van der Waals surface area contributed by atoms with Gasteiger partial charge in [-0.2, -0.15) is 0 Å². The Balaban J connectivity index is 0.00000289. The summed E-state index contributed by atoms with van der Waals surface area (Å²) in [7, 11) is 0. The smallest absolute Gasteiger partial charge is 0.222 e. The van der Waals surface area contributed by atoms with Gasteiger partial charge in [-0.15, -0.1) is 17.5 Å². The maximum Gasteiger partial charge on any atom is 0.222 e. The van der Waals surface area contributed by atoms with Crippen LogP contribution in [0.3, 0.4) is 0 Å². The number of unbranched alkanes of at least 4 members (excludes halogenated alkanes) is 1. The maximum atomic E-state index is 11.6. The van der Waals surface area contributed by atoms with Crippen LogP contribution in [0.5, 0.6) is 0 Å². The van der Waals surface area contributed by atoms with Crippen molar-refractivity contribution < 1.29 is 4.79 Å². The predicted molar refractivity (Wildman–Crippen MR) is 72.4 cm³/mol. The number of nitrogens with zero attached hydrogens (tertiary/aromatic N) is 3. The summed E-state index contributed by atoms with van der Waals surface area (Å²) >= 11 is 0. The molecule has 1 heterocycles. The van der Waals surface area contributed by atoms with E-state index in [2.05, 4.69) is 22.6 Å². The molecular formula is C11H22ClN5O. The number of halogens is 1. The van der Waals surface area contributed by atoms with Crippen molar-refractivity contribution in [1.29, 1.82) is 0 Å². The number of nitrogens with one attached hydrogen (secondary N) is 1. The van der Waals surface area contributed by atoms with E-state index in [9.17, 15) is 4.79 Å². The maximum absolute atomic E-state index is 11.6. The lowest BCUT2D eigenvalue weighted by molar-refractivity contribution is -0.122. The summed E-state index contributed by atoms with van der Waals surface area (Å²) in [5.74, 6) is 0.0204. The summed E-state index contributed by atoms with van der Waals surface area (Å²) in [5.41, 5.74) is 5.61. The fraction of sp³-hybridized carbons (Fsp3) is 0.727. The molecule has 6 nitrogen and oxygen atoms in total. The standard InChI is InChI=1S/C11H21N5O.ClH/c1-2-3-4-10(9-12)14-11(17)5-7-16-8-6-13-15-16;/h6,8,10H,2-5,7,9,12H2,1H3,(H,14,17);1H. The largest absolute Gasteiger partial charge is 0.352 e. The molecule has 0 aromatic carbocycles. The SMILES string of the molecule is CCCCC(CN)NC(=O)CCn1ccnn1.Cl. The first-order chi connectivity index (χ1) is 8.26. The highest BCUT2D eigenvalue weighted by Gasteiger charge is 2.10. The third-order valence-electron chi connectivity index (χ3n) is 2.60. The van der Waals surface area contributed by atoms with Gasteiger partial charge in [0, 0.05) is 25.2 Å². The number of nitrogens with two attached hydrogens (primary N) is 1. The normalized spacial score (nSPS) is 11.7. The molecule has 0 bridgehead atoms. The molecule has 0 aliphatic heterocycles. The van der Waals surface area contributed by atoms with Gasteiger partial charge in [-0.05, 0) is 6.42 Å². The van der Waals surface area contributed by atoms with Crippen LogP contribution >= 0.6 is 12.4 Å². The van der Waals surface area contributed by atoms with Crippen molar-refractivity contribution in [3.8, 4) is 0 Å². The van der Waals surface area contributed by atoms with E-state index in [-0.39, 0.29) is 24.4 Å². The molecule has 3 N–H and O–H groups in total. The molecule has 1 aromatic heterocycles. The van der Waals surface area contributed by atoms with Gasteiger partial charge >= 0.3 is 0 Å². The van der Waals surface area contributed by atoms with Gasteiger partial charge in [-0.1, -0.05) is 25.0 Å². The molecule has 0 radical (unpaired) electrons. The highest BCUT2D eigenvalue weighted by molar-refractivity contribution is 5.85. The molecule has 1 rings (SSSR count). The first kappa shape index (κ1) is 16.9. The van der Waals surface area contributed by atoms with Crippen molar-refractivity contribution in [1.82, 2.24) is 20.3 Å². The van der Waals surface area contributed by atoms with Crippen LogP contribution in [-0.4, -0.2) is 33.5 Å². The van der Waals surface area contributed by atoms with Crippen LogP contribution in [0.4, 0.5) is 0 Å². The average molecular weight is 276 g/mol. The molecule has 7 heteroatoms. The van der Waals surface area contributed by atoms with Crippen molar-refractivity contribution >= 4 is 18.3 Å². The van der Waals surface area contributed by atoms with E-state index < -0.39 is 0 Å². The fourth-order valence-electron chi connectivity index (χ4n) is 1.57. The topological polar surface area (TPSA) is 85.8 Å². The van der Waals surface area contributed by atoms with Crippen molar-refractivity contribution in [2.24, 2.45) is 5.73 Å². The van der Waals surface area contributed by atoms with Gasteiger partial charge in [0.05, 0.1) is 12.7 Å². The molecule has 0 fully saturated rings. The number of rotatable bonds is 8. The Hall–Kier alpha value is -1.14. The molecule has 0 aliphatic rings. The van der Waals surface area contributed by atoms with Crippen molar-refractivity contribution in [2.45, 2.75) is 45.2 Å². The lowest BCUT2D eigenvalue weighted by Crippen LogP contribution is -2.40. The summed E-state index contributed by atoms with van der Waals surface area (Å²) in [6.45, 7) is 3.17. The summed E-state index contributed by atoms with van der Waals surface area (Å²) in [6, 6.07) is 0.0956. The first-order valence-corrected chi connectivity index (χ1v) is 6.09. The Labute approximate surface area is 114 Å². The number of aromatic nitrogens is 3. The second kappa shape index (κ2) is 9.85. The van der Waals surface area contributed by atoms with Gasteiger partial charge in [0.2, 0.25) is 5.91 Å². The minimum absolute atomic E-state index is 0. The molecule has 1 amide bonds. The number of carbonyl (C=O) groups is 1. The van der Waals surface area contributed by atoms with Crippen LogP contribution in [0.15, 0.2) is 12.4 Å². The Kier molecular flexibility index (Phi) is 9.22. The molecule has 1 aromatic rings. The lowest BCUT2D eigenvalue weighted by Gasteiger charge is -2.16. The monoisotopic (exact) mass is 275 g/mol. The van der Waals surface area contributed by atoms with Crippen molar-refractivity contribution in [3.63, 3.8) is 0 Å². The Morgan fingerprint density at radius 1 is 1.56 bits per heavy atom. The Bertz CT molecular complexity index is 317. The number of hydrogen-bond acceptors (Lipinski definition) is 4. The van der Waals surface area contributed by atoms with E-state index in [4.69, 9.17) is 5.73 Å². The molecular weight excluding hydrogens is 254 g/mol. The third-order valence-corrected chi connectivity index (χ3v) is 2.60. The van der Waals surface area contributed by atoms with Crippen molar-refractivity contribution in [2.75, 3.05) is 6.54 Å². The third kappa shape index (κ3) is 6.56. The molecule has 0 aliphatic carbocycles. The summed E-state index contributed by atoms with van der Waals surface area (Å²) in [4.78, 5) is 11.6. The highest BCUT2D eigenvalue weighted by Crippen LogP contribution is 2.00. The van der Waals surface area contributed by atoms with Crippen LogP contribution in [0.1, 0.15) is 32.6 Å². The van der Waals surface area contributed by atoms with Crippen LogP contribution in [-0.2, 0) is 11.3 Å². The van der Waals surface area contributed by atoms with Crippen LogP contribution < -0.4 is 11.1 Å². The van der Waals surface area contributed by atoms with E-state index >= 15 is 0 Å². The van der Waals surface area contributed by atoms with E-state index in [1.165, 1.54) is 0 Å². The molecule has 1 atom stereocenters. The predicted octanol–water partition coefficient (Wildman–Crippen LogP) is 0.724. The Morgan fingerprint density at radius 2 is 2.33 bits per heavy atom. The zero-order valence-corrected chi connectivity index (χ0v) is 11.5. The zero-order valence-electron chi connectivity index (χ0n) is 10.7. The van der Waals surface area contributed by atoms with E-state index in [0.29, 0.717) is 19.5 Å². The van der Waals surface area contributed by atoms with E-state index in [1.807, 2.05) is 0 Å². The minimum Gasteiger partial charge on any atom is -0.352 e. The fourth-order valence-corrected chi connectivity index (χ4v) is 1.57. The number of aryl methyl sites for hydroxylation is 1. The second-order valence-corrected chi connectivity index (χ2v) is 4.06. The molecule has 104 valence electrons. The molecule has 0 saturated heterocycles. The summed E-state index contributed by atoms with van der Waals surface area (Å²) in [6.07, 6.45) is 6.90. The summed E-state index contributed by atoms with van der Waals surface area (Å²) in [5, 5.41) is 10.4. The highest BCUT2D eigenvalue weighted by atomic mass is 35.5. The lowest BCUT2D eigenvalue weighted by atomic mass is 10.1. The minimum atomic E-state index is 0. The molecule has 1 unspecified atom stereocenters. The Morgan fingerprint density at radius 3 is 2.89 bits per heavy atom. The first-order valence-electron chi connectivity index (χ1n) is 6.09. The number of amides is 1. The van der Waals surface area contributed by atoms with Gasteiger partial charge in [-0.3, -0.25) is 9.48 Å². The number of carbonyl (C=O) groups excluding carboxylic acids is 1. The summed E-state index contributed by atoms with van der Waals surface area (Å²) < 4.78 is 1.64. The molecule has 0 saturated carbocycles. The second-order valence-electron chi connectivity index (χ2n) is 4.06. The van der Waals surface area contributed by atoms with E-state index in [0.717, 1.165) is 19.3 Å². The van der Waals surface area contributed by atoms with Crippen LogP contribution in [0, 0.1) is 0 Å². The quantitative estimate of drug-likeness (QED) is 0.732. The molecule has 18 heavy (non-hydrogen) atoms. The average Bonchev–Trinajstić information content (AvgIpc) is 2.85. The van der Waals surface area contributed by atoms with Gasteiger partial charge in [0.25, 0.3) is 0 Å². The van der Waals surface area contributed by atoms with Gasteiger partial charge < -0.3 is 11.1 Å². The van der Waals surface area contributed by atoms with Gasteiger partial charge in [0.1, 0.15) is 0 Å². The molecule has 0 spiro atoms. The van der Waals surface area contributed by atoms with Gasteiger partial charge in [-0.25, -0.2) is 0 Å². The zero-order chi connectivity index (χ0) is 12.5. The van der Waals surface area contributed by atoms with Gasteiger partial charge in [0.15, 0.2) is 0 Å².